The number of thioether (sulfide) groups is 1. The fourth-order valence-electron chi connectivity index (χ4n) is 3.51. The van der Waals surface area contributed by atoms with Gasteiger partial charge < -0.3 is 14.6 Å². The quantitative estimate of drug-likeness (QED) is 0.521. The summed E-state index contributed by atoms with van der Waals surface area (Å²) in [5.74, 6) is 1.42. The van der Waals surface area contributed by atoms with E-state index < -0.39 is 0 Å². The van der Waals surface area contributed by atoms with Crippen LogP contribution in [0.5, 0.6) is 0 Å². The van der Waals surface area contributed by atoms with Crippen LogP contribution in [-0.2, 0) is 29.4 Å². The maximum absolute atomic E-state index is 12.6. The molecule has 2 aromatic heterocycles. The molecule has 0 spiro atoms. The SMILES string of the molecule is CCOC(=O)c1c(NC(=O)CSc2nnc(C(C)C)n2C)sc2c1CCC(C)C2. The number of nitrogens with one attached hydrogen (secondary N) is 1. The number of rotatable bonds is 7. The minimum absolute atomic E-state index is 0.165. The second-order valence-electron chi connectivity index (χ2n) is 7.67. The second kappa shape index (κ2) is 9.30. The predicted molar refractivity (Wildman–Crippen MR) is 116 cm³/mol. The zero-order valence-corrected chi connectivity index (χ0v) is 19.2. The molecule has 0 aromatic carbocycles. The van der Waals surface area contributed by atoms with E-state index >= 15 is 0 Å². The molecule has 0 saturated heterocycles. The van der Waals surface area contributed by atoms with E-state index in [4.69, 9.17) is 4.74 Å². The Kier molecular flexibility index (Phi) is 7.00. The normalized spacial score (nSPS) is 16.0. The van der Waals surface area contributed by atoms with Crippen molar-refractivity contribution in [2.24, 2.45) is 13.0 Å². The van der Waals surface area contributed by atoms with E-state index in [0.717, 1.165) is 30.7 Å². The molecule has 0 bridgehead atoms. The first kappa shape index (κ1) is 21.8. The van der Waals surface area contributed by atoms with Crippen molar-refractivity contribution in [1.29, 1.82) is 0 Å². The molecular weight excluding hydrogens is 408 g/mol. The zero-order valence-electron chi connectivity index (χ0n) is 17.6. The molecule has 7 nitrogen and oxygen atoms in total. The molecule has 1 amide bonds. The average molecular weight is 437 g/mol. The Bertz CT molecular complexity index is 904. The summed E-state index contributed by atoms with van der Waals surface area (Å²) in [5.41, 5.74) is 1.59. The third kappa shape index (κ3) is 4.83. The molecule has 0 radical (unpaired) electrons. The van der Waals surface area contributed by atoms with Crippen LogP contribution in [-0.4, -0.2) is 39.0 Å². The lowest BCUT2D eigenvalue weighted by Gasteiger charge is -2.18. The summed E-state index contributed by atoms with van der Waals surface area (Å²) in [4.78, 5) is 26.4. The maximum atomic E-state index is 12.6. The van der Waals surface area contributed by atoms with Crippen molar-refractivity contribution in [1.82, 2.24) is 14.8 Å². The van der Waals surface area contributed by atoms with Gasteiger partial charge in [0.15, 0.2) is 5.16 Å². The van der Waals surface area contributed by atoms with Crippen LogP contribution in [0.4, 0.5) is 5.00 Å². The Morgan fingerprint density at radius 1 is 1.38 bits per heavy atom. The van der Waals surface area contributed by atoms with Crippen molar-refractivity contribution in [3.8, 4) is 0 Å². The Balaban J connectivity index is 1.73. The molecule has 1 N–H and O–H groups in total. The van der Waals surface area contributed by atoms with Crippen LogP contribution in [0.1, 0.15) is 66.7 Å². The van der Waals surface area contributed by atoms with Gasteiger partial charge in [0, 0.05) is 17.8 Å². The number of fused-ring (bicyclic) bond motifs is 1. The van der Waals surface area contributed by atoms with E-state index in [1.165, 1.54) is 28.0 Å². The molecular formula is C20H28N4O3S2. The minimum Gasteiger partial charge on any atom is -0.462 e. The maximum Gasteiger partial charge on any atom is 0.341 e. The van der Waals surface area contributed by atoms with E-state index in [0.29, 0.717) is 28.2 Å². The smallest absolute Gasteiger partial charge is 0.341 e. The van der Waals surface area contributed by atoms with Gasteiger partial charge in [0.1, 0.15) is 10.8 Å². The lowest BCUT2D eigenvalue weighted by molar-refractivity contribution is -0.113. The summed E-state index contributed by atoms with van der Waals surface area (Å²) in [6, 6.07) is 0. The van der Waals surface area contributed by atoms with Crippen LogP contribution >= 0.6 is 23.1 Å². The molecule has 0 saturated carbocycles. The van der Waals surface area contributed by atoms with Gasteiger partial charge in [0.2, 0.25) is 5.91 Å². The van der Waals surface area contributed by atoms with Crippen molar-refractivity contribution in [3.05, 3.63) is 21.8 Å². The largest absolute Gasteiger partial charge is 0.462 e. The van der Waals surface area contributed by atoms with Gasteiger partial charge in [-0.05, 0) is 37.7 Å². The molecule has 2 aromatic rings. The Morgan fingerprint density at radius 2 is 2.14 bits per heavy atom. The molecule has 1 aliphatic rings. The molecule has 29 heavy (non-hydrogen) atoms. The third-order valence-electron chi connectivity index (χ3n) is 4.96. The molecule has 1 unspecified atom stereocenters. The highest BCUT2D eigenvalue weighted by Crippen LogP contribution is 2.40. The van der Waals surface area contributed by atoms with Crippen molar-refractivity contribution in [2.75, 3.05) is 17.7 Å². The molecule has 9 heteroatoms. The summed E-state index contributed by atoms with van der Waals surface area (Å²) < 4.78 is 7.18. The standard InChI is InChI=1S/C20H28N4O3S2/c1-6-27-19(26)16-13-8-7-12(4)9-14(13)29-18(16)21-15(25)10-28-20-23-22-17(11(2)3)24(20)5/h11-12H,6-10H2,1-5H3,(H,21,25). The number of hydrogen-bond acceptors (Lipinski definition) is 7. The summed E-state index contributed by atoms with van der Waals surface area (Å²) in [6.45, 7) is 8.43. The second-order valence-corrected chi connectivity index (χ2v) is 9.72. The van der Waals surface area contributed by atoms with Gasteiger partial charge >= 0.3 is 5.97 Å². The first-order valence-electron chi connectivity index (χ1n) is 9.95. The first-order chi connectivity index (χ1) is 13.8. The van der Waals surface area contributed by atoms with Gasteiger partial charge in [-0.1, -0.05) is 32.5 Å². The van der Waals surface area contributed by atoms with E-state index in [-0.39, 0.29) is 23.5 Å². The van der Waals surface area contributed by atoms with Gasteiger partial charge in [0.05, 0.1) is 17.9 Å². The molecule has 158 valence electrons. The highest BCUT2D eigenvalue weighted by Gasteiger charge is 2.29. The lowest BCUT2D eigenvalue weighted by atomic mass is 9.88. The van der Waals surface area contributed by atoms with Crippen molar-refractivity contribution >= 4 is 40.0 Å². The Hall–Kier alpha value is -1.87. The van der Waals surface area contributed by atoms with E-state index in [1.807, 2.05) is 11.6 Å². The highest BCUT2D eigenvalue weighted by atomic mass is 32.2. The van der Waals surface area contributed by atoms with Crippen LogP contribution < -0.4 is 5.32 Å². The lowest BCUT2D eigenvalue weighted by Crippen LogP contribution is -2.18. The summed E-state index contributed by atoms with van der Waals surface area (Å²) in [5, 5.41) is 12.6. The van der Waals surface area contributed by atoms with Crippen LogP contribution in [0, 0.1) is 5.92 Å². The third-order valence-corrected chi connectivity index (χ3v) is 7.15. The Labute approximate surface area is 179 Å². The van der Waals surface area contributed by atoms with E-state index in [1.54, 1.807) is 6.92 Å². The van der Waals surface area contributed by atoms with Gasteiger partial charge in [-0.2, -0.15) is 0 Å². The molecule has 3 rings (SSSR count). The number of carbonyl (C=O) groups is 2. The molecule has 1 aliphatic carbocycles. The topological polar surface area (TPSA) is 86.1 Å². The molecule has 0 aliphatic heterocycles. The fraction of sp³-hybridized carbons (Fsp3) is 0.600. The Morgan fingerprint density at radius 3 is 2.79 bits per heavy atom. The number of anilines is 1. The van der Waals surface area contributed by atoms with Gasteiger partial charge in [0.25, 0.3) is 0 Å². The van der Waals surface area contributed by atoms with Crippen molar-refractivity contribution < 1.29 is 14.3 Å². The van der Waals surface area contributed by atoms with Crippen LogP contribution in [0.15, 0.2) is 5.16 Å². The zero-order chi connectivity index (χ0) is 21.1. The van der Waals surface area contributed by atoms with Gasteiger partial charge in [-0.25, -0.2) is 4.79 Å². The summed E-state index contributed by atoms with van der Waals surface area (Å²) in [6.07, 6.45) is 2.83. The number of nitrogens with zero attached hydrogens (tertiary/aromatic N) is 3. The average Bonchev–Trinajstić information content (AvgIpc) is 3.19. The monoisotopic (exact) mass is 436 g/mol. The predicted octanol–water partition coefficient (Wildman–Crippen LogP) is 4.03. The molecule has 2 heterocycles. The number of hydrogen-bond donors (Lipinski definition) is 1. The number of carbonyl (C=O) groups excluding carboxylic acids is 2. The van der Waals surface area contributed by atoms with Crippen LogP contribution in [0.25, 0.3) is 0 Å². The van der Waals surface area contributed by atoms with E-state index in [9.17, 15) is 9.59 Å². The highest BCUT2D eigenvalue weighted by molar-refractivity contribution is 7.99. The van der Waals surface area contributed by atoms with Gasteiger partial charge in [-0.15, -0.1) is 21.5 Å². The van der Waals surface area contributed by atoms with Crippen molar-refractivity contribution in [2.45, 2.75) is 58.0 Å². The summed E-state index contributed by atoms with van der Waals surface area (Å²) >= 11 is 2.84. The van der Waals surface area contributed by atoms with Gasteiger partial charge in [-0.3, -0.25) is 4.79 Å². The van der Waals surface area contributed by atoms with Crippen LogP contribution in [0.3, 0.4) is 0 Å². The molecule has 0 fully saturated rings. The number of amides is 1. The first-order valence-corrected chi connectivity index (χ1v) is 11.8. The number of esters is 1. The van der Waals surface area contributed by atoms with E-state index in [2.05, 4.69) is 36.3 Å². The van der Waals surface area contributed by atoms with Crippen molar-refractivity contribution in [3.63, 3.8) is 0 Å². The summed E-state index contributed by atoms with van der Waals surface area (Å²) in [7, 11) is 1.91. The molecule has 1 atom stereocenters. The number of thiophene rings is 1. The number of ether oxygens (including phenoxy) is 1. The fourth-order valence-corrected chi connectivity index (χ4v) is 5.64. The van der Waals surface area contributed by atoms with Crippen LogP contribution in [0.2, 0.25) is 0 Å². The minimum atomic E-state index is -0.350. The number of aromatic nitrogens is 3.